The van der Waals surface area contributed by atoms with Crippen LogP contribution in [0.4, 0.5) is 0 Å². The largest absolute Gasteiger partial charge is 0.504 e. The minimum Gasteiger partial charge on any atom is -0.504 e. The Hall–Kier alpha value is -1.41. The molecule has 5 atom stereocenters. The monoisotopic (exact) mass is 430 g/mol. The number of likely N-dealkylation sites (tertiary alicyclic amines) is 1. The summed E-state index contributed by atoms with van der Waals surface area (Å²) >= 11 is 0. The van der Waals surface area contributed by atoms with Gasteiger partial charge in [0, 0.05) is 18.7 Å². The highest BCUT2D eigenvalue weighted by Gasteiger charge is 2.73. The number of halogens is 2. The van der Waals surface area contributed by atoms with E-state index >= 15 is 0 Å². The number of nitrogens with two attached hydrogens (primary N) is 2. The molecule has 2 bridgehead atoms. The molecule has 1 aromatic rings. The van der Waals surface area contributed by atoms with Crippen LogP contribution in [0.1, 0.15) is 30.4 Å². The van der Waals surface area contributed by atoms with Crippen molar-refractivity contribution in [1.82, 2.24) is 4.90 Å². The third-order valence-corrected chi connectivity index (χ3v) is 7.34. The second-order valence-corrected chi connectivity index (χ2v) is 8.16. The summed E-state index contributed by atoms with van der Waals surface area (Å²) in [6, 6.07) is 3.92. The number of hydrogen-bond donors (Lipinski definition) is 3. The van der Waals surface area contributed by atoms with E-state index in [0.29, 0.717) is 5.75 Å². The average Bonchev–Trinajstić information content (AvgIpc) is 2.97. The molecule has 28 heavy (non-hydrogen) atoms. The number of phenols is 1. The number of methoxy groups -OCH3 is 1. The molecule has 5 N–H and O–H groups in total. The molecule has 7 nitrogen and oxygen atoms in total. The fourth-order valence-corrected chi connectivity index (χ4v) is 6.44. The normalized spacial score (nSPS) is 37.0. The molecule has 1 saturated heterocycles. The molecule has 2 heterocycles. The summed E-state index contributed by atoms with van der Waals surface area (Å²) < 4.78 is 12.8. The molecule has 2 aliphatic carbocycles. The maximum atomic E-state index is 10.5. The van der Waals surface area contributed by atoms with E-state index in [2.05, 4.69) is 16.9 Å². The van der Waals surface area contributed by atoms with Gasteiger partial charge < -0.3 is 30.9 Å². The maximum Gasteiger partial charge on any atom is 0.186 e. The molecule has 0 radical (unpaired) electrons. The number of phenolic OH excluding ortho intramolecular Hbond substituents is 1. The number of aromatic hydroxyl groups is 1. The van der Waals surface area contributed by atoms with Crippen molar-refractivity contribution in [3.8, 4) is 11.5 Å². The van der Waals surface area contributed by atoms with Crippen molar-refractivity contribution in [1.29, 1.82) is 0 Å². The van der Waals surface area contributed by atoms with Crippen LogP contribution >= 0.6 is 24.8 Å². The van der Waals surface area contributed by atoms with Crippen molar-refractivity contribution >= 4 is 30.8 Å². The quantitative estimate of drug-likeness (QED) is 0.482. The minimum absolute atomic E-state index is 0. The Morgan fingerprint density at radius 2 is 2.07 bits per heavy atom. The predicted molar refractivity (Wildman–Crippen MR) is 112 cm³/mol. The minimum atomic E-state index is -0.355. The van der Waals surface area contributed by atoms with Crippen LogP contribution in [0.15, 0.2) is 17.1 Å². The Balaban J connectivity index is 0.00000112. The molecule has 9 heteroatoms. The molecule has 1 aromatic carbocycles. The van der Waals surface area contributed by atoms with Gasteiger partial charge in [0.05, 0.1) is 17.1 Å². The van der Waals surface area contributed by atoms with Crippen LogP contribution in [0.3, 0.4) is 0 Å². The molecule has 0 aromatic heterocycles. The van der Waals surface area contributed by atoms with Crippen LogP contribution in [0.25, 0.3) is 0 Å². The summed E-state index contributed by atoms with van der Waals surface area (Å²) in [6.45, 7) is 0.957. The van der Waals surface area contributed by atoms with Gasteiger partial charge in [0.2, 0.25) is 0 Å². The molecule has 1 spiro atoms. The van der Waals surface area contributed by atoms with Crippen LogP contribution in [-0.2, 0) is 16.6 Å². The lowest BCUT2D eigenvalue weighted by Crippen LogP contribution is -2.77. The SMILES string of the molecule is CO[C@@]12CC[C@H](N=C(N)N)[C@@H]3Oc4c(O)ccc5c4[C@@]31CCN(C)[C@@H]2C5.Cl.Cl. The van der Waals surface area contributed by atoms with Crippen LogP contribution in [0, 0.1) is 0 Å². The summed E-state index contributed by atoms with van der Waals surface area (Å²) in [5, 5.41) is 10.5. The molecule has 0 amide bonds. The number of nitrogens with zero attached hydrogens (tertiary/aromatic N) is 2. The molecule has 2 fully saturated rings. The van der Waals surface area contributed by atoms with Crippen molar-refractivity contribution in [2.24, 2.45) is 16.5 Å². The van der Waals surface area contributed by atoms with E-state index < -0.39 is 0 Å². The maximum absolute atomic E-state index is 10.5. The lowest BCUT2D eigenvalue weighted by molar-refractivity contribution is -0.201. The van der Waals surface area contributed by atoms with Gasteiger partial charge in [-0.2, -0.15) is 0 Å². The van der Waals surface area contributed by atoms with E-state index in [1.165, 1.54) is 5.56 Å². The number of benzene rings is 1. The molecule has 156 valence electrons. The van der Waals surface area contributed by atoms with Gasteiger partial charge >= 0.3 is 0 Å². The van der Waals surface area contributed by atoms with Gasteiger partial charge in [-0.1, -0.05) is 6.07 Å². The predicted octanol–water partition coefficient (Wildman–Crippen LogP) is 1.32. The molecule has 5 rings (SSSR count). The molecular formula is C19H28Cl2N4O3. The van der Waals surface area contributed by atoms with E-state index in [-0.39, 0.29) is 65.7 Å². The molecule has 4 aliphatic rings. The summed E-state index contributed by atoms with van der Waals surface area (Å²) in [4.78, 5) is 6.92. The number of likely N-dealkylation sites (N-methyl/N-ethyl adjacent to an activating group) is 1. The summed E-state index contributed by atoms with van der Waals surface area (Å²) in [5.41, 5.74) is 13.1. The van der Waals surface area contributed by atoms with Crippen LogP contribution < -0.4 is 16.2 Å². The van der Waals surface area contributed by atoms with Crippen molar-refractivity contribution < 1.29 is 14.6 Å². The lowest BCUT2D eigenvalue weighted by Gasteiger charge is -2.64. The molecule has 1 saturated carbocycles. The van der Waals surface area contributed by atoms with Gasteiger partial charge in [0.25, 0.3) is 0 Å². The van der Waals surface area contributed by atoms with Gasteiger partial charge in [-0.15, -0.1) is 24.8 Å². The Kier molecular flexibility index (Phi) is 5.20. The number of hydrogen-bond acceptors (Lipinski definition) is 5. The first-order valence-corrected chi connectivity index (χ1v) is 9.31. The van der Waals surface area contributed by atoms with E-state index in [4.69, 9.17) is 20.9 Å². The highest BCUT2D eigenvalue weighted by molar-refractivity contribution is 5.85. The van der Waals surface area contributed by atoms with Crippen molar-refractivity contribution in [2.45, 2.75) is 54.9 Å². The van der Waals surface area contributed by atoms with Gasteiger partial charge in [-0.3, -0.25) is 0 Å². The molecule has 2 aliphatic heterocycles. The fourth-order valence-electron chi connectivity index (χ4n) is 6.44. The standard InChI is InChI=1S/C19H26N4O3.2ClH/c1-23-8-7-18-14-10-3-4-12(24)15(14)26-16(18)11(22-17(20)21)5-6-19(18,25-2)13(23)9-10;;/h3-4,11,13,16,24H,5-9H2,1-2H3,(H4,20,21,22);2*1H/t11-,13+,16-,18-,19+;;/m0../s1. The third kappa shape index (κ3) is 2.27. The summed E-state index contributed by atoms with van der Waals surface area (Å²) in [7, 11) is 4.00. The summed E-state index contributed by atoms with van der Waals surface area (Å²) in [5.74, 6) is 0.883. The van der Waals surface area contributed by atoms with Crippen molar-refractivity contribution in [3.05, 3.63) is 23.3 Å². The Morgan fingerprint density at radius 3 is 2.75 bits per heavy atom. The highest BCUT2D eigenvalue weighted by atomic mass is 35.5. The van der Waals surface area contributed by atoms with Crippen molar-refractivity contribution in [3.63, 3.8) is 0 Å². The Morgan fingerprint density at radius 1 is 1.32 bits per heavy atom. The molecular weight excluding hydrogens is 403 g/mol. The Labute approximate surface area is 177 Å². The van der Waals surface area contributed by atoms with Crippen LogP contribution in [0.2, 0.25) is 0 Å². The second-order valence-electron chi connectivity index (χ2n) is 8.16. The number of aliphatic imine (C=N–C) groups is 1. The number of guanidine groups is 1. The fraction of sp³-hybridized carbons (Fsp3) is 0.632. The van der Waals surface area contributed by atoms with E-state index in [0.717, 1.165) is 37.8 Å². The Bertz CT molecular complexity index is 819. The number of rotatable bonds is 2. The first-order valence-electron chi connectivity index (χ1n) is 9.31. The van der Waals surface area contributed by atoms with Gasteiger partial charge in [-0.25, -0.2) is 4.99 Å². The van der Waals surface area contributed by atoms with Gasteiger partial charge in [0.1, 0.15) is 6.10 Å². The number of piperidine rings is 1. The first-order chi connectivity index (χ1) is 12.4. The zero-order valence-electron chi connectivity index (χ0n) is 16.1. The third-order valence-electron chi connectivity index (χ3n) is 7.34. The number of ether oxygens (including phenoxy) is 2. The summed E-state index contributed by atoms with van der Waals surface area (Å²) in [6.07, 6.45) is 3.24. The second kappa shape index (κ2) is 6.83. The first kappa shape index (κ1) is 21.3. The van der Waals surface area contributed by atoms with E-state index in [1.807, 2.05) is 13.2 Å². The van der Waals surface area contributed by atoms with Gasteiger partial charge in [0.15, 0.2) is 17.5 Å². The average molecular weight is 431 g/mol. The van der Waals surface area contributed by atoms with E-state index in [1.54, 1.807) is 6.07 Å². The van der Waals surface area contributed by atoms with E-state index in [9.17, 15) is 5.11 Å². The smallest absolute Gasteiger partial charge is 0.186 e. The lowest BCUT2D eigenvalue weighted by atomic mass is 9.48. The van der Waals surface area contributed by atoms with Gasteiger partial charge in [-0.05, 0) is 50.9 Å². The topological polar surface area (TPSA) is 106 Å². The van der Waals surface area contributed by atoms with Crippen LogP contribution in [0.5, 0.6) is 11.5 Å². The molecule has 0 unspecified atom stereocenters. The zero-order chi connectivity index (χ0) is 18.3. The highest BCUT2D eigenvalue weighted by Crippen LogP contribution is 2.66. The van der Waals surface area contributed by atoms with Crippen LogP contribution in [-0.4, -0.2) is 60.5 Å². The van der Waals surface area contributed by atoms with Crippen molar-refractivity contribution in [2.75, 3.05) is 20.7 Å². The zero-order valence-corrected chi connectivity index (χ0v) is 17.7.